The van der Waals surface area contributed by atoms with E-state index in [1.807, 2.05) is 30.3 Å². The van der Waals surface area contributed by atoms with E-state index in [1.165, 1.54) is 0 Å². The number of rotatable bonds is 4. The van der Waals surface area contributed by atoms with Gasteiger partial charge in [-0.05, 0) is 24.1 Å². The summed E-state index contributed by atoms with van der Waals surface area (Å²) in [5.41, 5.74) is 2.00. The van der Waals surface area contributed by atoms with Crippen molar-refractivity contribution in [3.63, 3.8) is 0 Å². The molecule has 3 rings (SSSR count). The Balaban J connectivity index is 1.88. The van der Waals surface area contributed by atoms with Crippen LogP contribution in [0.15, 0.2) is 36.4 Å². The lowest BCUT2D eigenvalue weighted by Gasteiger charge is -2.27. The maximum Gasteiger partial charge on any atom is 0.274 e. The second-order valence-corrected chi connectivity index (χ2v) is 6.05. The van der Waals surface area contributed by atoms with E-state index in [0.29, 0.717) is 24.9 Å². The number of carbonyl (C=O) groups is 1. The summed E-state index contributed by atoms with van der Waals surface area (Å²) < 4.78 is 5.38. The van der Waals surface area contributed by atoms with Gasteiger partial charge >= 0.3 is 0 Å². The van der Waals surface area contributed by atoms with Gasteiger partial charge in [0.25, 0.3) is 5.91 Å². The second-order valence-electron chi connectivity index (χ2n) is 6.05. The molecule has 2 heterocycles. The molecule has 0 unspecified atom stereocenters. The number of aromatic nitrogens is 2. The molecule has 1 fully saturated rings. The van der Waals surface area contributed by atoms with Crippen LogP contribution >= 0.6 is 0 Å². The van der Waals surface area contributed by atoms with Gasteiger partial charge in [0.2, 0.25) is 5.95 Å². The van der Waals surface area contributed by atoms with Crippen molar-refractivity contribution in [2.45, 2.75) is 19.8 Å². The maximum absolute atomic E-state index is 12.6. The van der Waals surface area contributed by atoms with Crippen LogP contribution in [0.5, 0.6) is 0 Å². The molecule has 1 aliphatic heterocycles. The fourth-order valence-corrected chi connectivity index (χ4v) is 2.49. The molecule has 126 valence electrons. The molecular weight excluding hydrogens is 304 g/mol. The Morgan fingerprint density at radius 2 is 1.88 bits per heavy atom. The van der Waals surface area contributed by atoms with Crippen molar-refractivity contribution in [2.75, 3.05) is 36.5 Å². The number of amides is 1. The van der Waals surface area contributed by atoms with Crippen molar-refractivity contribution in [3.05, 3.63) is 47.8 Å². The van der Waals surface area contributed by atoms with E-state index in [4.69, 9.17) is 4.74 Å². The van der Waals surface area contributed by atoms with E-state index in [0.717, 1.165) is 24.5 Å². The van der Waals surface area contributed by atoms with Gasteiger partial charge in [0.15, 0.2) is 0 Å². The number of hydrogen-bond donors (Lipinski definition) is 1. The van der Waals surface area contributed by atoms with Crippen LogP contribution in [-0.4, -0.2) is 42.2 Å². The van der Waals surface area contributed by atoms with Gasteiger partial charge in [0, 0.05) is 24.5 Å². The molecule has 1 aliphatic rings. The van der Waals surface area contributed by atoms with E-state index in [2.05, 4.69) is 34.0 Å². The predicted molar refractivity (Wildman–Crippen MR) is 93.5 cm³/mol. The highest BCUT2D eigenvalue weighted by Gasteiger charge is 2.19. The Morgan fingerprint density at radius 3 is 2.54 bits per heavy atom. The van der Waals surface area contributed by atoms with Gasteiger partial charge in [-0.1, -0.05) is 32.0 Å². The third kappa shape index (κ3) is 3.89. The number of nitrogens with zero attached hydrogens (tertiary/aromatic N) is 3. The molecule has 2 aromatic rings. The summed E-state index contributed by atoms with van der Waals surface area (Å²) in [6, 6.07) is 11.2. The summed E-state index contributed by atoms with van der Waals surface area (Å²) in [6.07, 6.45) is 0. The summed E-state index contributed by atoms with van der Waals surface area (Å²) in [6.45, 7) is 6.90. The van der Waals surface area contributed by atoms with Gasteiger partial charge in [-0.2, -0.15) is 0 Å². The number of benzene rings is 1. The van der Waals surface area contributed by atoms with Gasteiger partial charge < -0.3 is 15.0 Å². The minimum atomic E-state index is -0.222. The van der Waals surface area contributed by atoms with E-state index in [-0.39, 0.29) is 11.8 Å². The molecule has 0 radical (unpaired) electrons. The van der Waals surface area contributed by atoms with Crippen LogP contribution in [0.25, 0.3) is 0 Å². The summed E-state index contributed by atoms with van der Waals surface area (Å²) in [5.74, 6) is 0.596. The monoisotopic (exact) mass is 326 g/mol. The third-order valence-electron chi connectivity index (χ3n) is 3.88. The van der Waals surface area contributed by atoms with Crippen molar-refractivity contribution in [2.24, 2.45) is 0 Å². The average molecular weight is 326 g/mol. The lowest BCUT2D eigenvalue weighted by molar-refractivity contribution is 0.102. The molecule has 0 spiro atoms. The number of ether oxygens (including phenoxy) is 1. The topological polar surface area (TPSA) is 67.4 Å². The van der Waals surface area contributed by atoms with Crippen LogP contribution in [0.4, 0.5) is 11.6 Å². The normalized spacial score (nSPS) is 14.7. The number of nitrogens with one attached hydrogen (secondary N) is 1. The Hall–Kier alpha value is -2.47. The standard InChI is InChI=1S/C18H22N4O2/c1-13(2)15-12-16(17(23)19-14-6-4-3-5-7-14)21-18(20-15)22-8-10-24-11-9-22/h3-7,12-13H,8-11H2,1-2H3,(H,19,23). The molecule has 0 atom stereocenters. The van der Waals surface area contributed by atoms with Crippen LogP contribution < -0.4 is 10.2 Å². The number of hydrogen-bond acceptors (Lipinski definition) is 5. The first-order valence-electron chi connectivity index (χ1n) is 8.21. The highest BCUT2D eigenvalue weighted by molar-refractivity contribution is 6.03. The van der Waals surface area contributed by atoms with E-state index in [9.17, 15) is 4.79 Å². The zero-order valence-corrected chi connectivity index (χ0v) is 14.0. The highest BCUT2D eigenvalue weighted by Crippen LogP contribution is 2.19. The maximum atomic E-state index is 12.6. The Bertz CT molecular complexity index is 697. The fraction of sp³-hybridized carbons (Fsp3) is 0.389. The zero-order valence-electron chi connectivity index (χ0n) is 14.0. The molecule has 1 amide bonds. The molecule has 1 N–H and O–H groups in total. The second kappa shape index (κ2) is 7.40. The SMILES string of the molecule is CC(C)c1cc(C(=O)Nc2ccccc2)nc(N2CCOCC2)n1. The molecule has 1 aromatic heterocycles. The smallest absolute Gasteiger partial charge is 0.274 e. The van der Waals surface area contributed by atoms with E-state index < -0.39 is 0 Å². The predicted octanol–water partition coefficient (Wildman–Crippen LogP) is 2.69. The zero-order chi connectivity index (χ0) is 16.9. The molecule has 0 bridgehead atoms. The van der Waals surface area contributed by atoms with E-state index >= 15 is 0 Å². The van der Waals surface area contributed by atoms with Crippen LogP contribution in [0.1, 0.15) is 35.9 Å². The number of anilines is 2. The lowest BCUT2D eigenvalue weighted by atomic mass is 10.1. The fourth-order valence-electron chi connectivity index (χ4n) is 2.49. The minimum absolute atomic E-state index is 0.219. The first-order valence-corrected chi connectivity index (χ1v) is 8.21. The van der Waals surface area contributed by atoms with Crippen LogP contribution in [0, 0.1) is 0 Å². The summed E-state index contributed by atoms with van der Waals surface area (Å²) in [4.78, 5) is 23.8. The molecule has 6 heteroatoms. The summed E-state index contributed by atoms with van der Waals surface area (Å²) in [7, 11) is 0. The van der Waals surface area contributed by atoms with E-state index in [1.54, 1.807) is 6.07 Å². The van der Waals surface area contributed by atoms with Crippen molar-refractivity contribution in [1.82, 2.24) is 9.97 Å². The van der Waals surface area contributed by atoms with Crippen LogP contribution in [0.3, 0.4) is 0 Å². The van der Waals surface area contributed by atoms with Crippen molar-refractivity contribution in [3.8, 4) is 0 Å². The summed E-state index contributed by atoms with van der Waals surface area (Å²) >= 11 is 0. The first kappa shape index (κ1) is 16.4. The Kier molecular flexibility index (Phi) is 5.05. The molecule has 1 aromatic carbocycles. The third-order valence-corrected chi connectivity index (χ3v) is 3.88. The molecule has 0 aliphatic carbocycles. The minimum Gasteiger partial charge on any atom is -0.378 e. The molecular formula is C18H22N4O2. The van der Waals surface area contributed by atoms with Crippen LogP contribution in [0.2, 0.25) is 0 Å². The van der Waals surface area contributed by atoms with Crippen molar-refractivity contribution in [1.29, 1.82) is 0 Å². The number of para-hydroxylation sites is 1. The van der Waals surface area contributed by atoms with Gasteiger partial charge in [-0.25, -0.2) is 9.97 Å². The molecule has 0 saturated carbocycles. The lowest BCUT2D eigenvalue weighted by Crippen LogP contribution is -2.38. The Labute approximate surface area is 141 Å². The van der Waals surface area contributed by atoms with Crippen LogP contribution in [-0.2, 0) is 4.74 Å². The average Bonchev–Trinajstić information content (AvgIpc) is 2.63. The van der Waals surface area contributed by atoms with Crippen molar-refractivity contribution >= 4 is 17.5 Å². The highest BCUT2D eigenvalue weighted by atomic mass is 16.5. The molecule has 1 saturated heterocycles. The molecule has 6 nitrogen and oxygen atoms in total. The largest absolute Gasteiger partial charge is 0.378 e. The number of morpholine rings is 1. The quantitative estimate of drug-likeness (QED) is 0.935. The first-order chi connectivity index (χ1) is 11.6. The van der Waals surface area contributed by atoms with Crippen molar-refractivity contribution < 1.29 is 9.53 Å². The molecule has 24 heavy (non-hydrogen) atoms. The van der Waals surface area contributed by atoms with Gasteiger partial charge in [-0.15, -0.1) is 0 Å². The number of carbonyl (C=O) groups excluding carboxylic acids is 1. The van der Waals surface area contributed by atoms with Gasteiger partial charge in [-0.3, -0.25) is 4.79 Å². The Morgan fingerprint density at radius 1 is 1.17 bits per heavy atom. The summed E-state index contributed by atoms with van der Waals surface area (Å²) in [5, 5.41) is 2.88. The van der Waals surface area contributed by atoms with Gasteiger partial charge in [0.05, 0.1) is 13.2 Å². The van der Waals surface area contributed by atoms with Gasteiger partial charge in [0.1, 0.15) is 5.69 Å².